The second-order valence-corrected chi connectivity index (χ2v) is 4.56. The van der Waals surface area contributed by atoms with Crippen molar-refractivity contribution in [2.45, 2.75) is 32.4 Å². The molecule has 0 saturated carbocycles. The molecule has 0 fully saturated rings. The normalized spacial score (nSPS) is 11.4. The average Bonchev–Trinajstić information content (AvgIpc) is 2.33. The Labute approximate surface area is 115 Å². The lowest BCUT2D eigenvalue weighted by atomic mass is 10.1. The van der Waals surface area contributed by atoms with Crippen LogP contribution in [0.3, 0.4) is 0 Å². The number of hydrogen-bond acceptors (Lipinski definition) is 2. The van der Waals surface area contributed by atoms with E-state index in [9.17, 15) is 13.2 Å². The molecule has 1 rings (SSSR count). The summed E-state index contributed by atoms with van der Waals surface area (Å²) in [5.41, 5.74) is 4.30. The molecule has 1 aromatic rings. The zero-order valence-corrected chi connectivity index (χ0v) is 11.4. The van der Waals surface area contributed by atoms with Gasteiger partial charge in [-0.1, -0.05) is 32.0 Å². The van der Waals surface area contributed by atoms with Crippen molar-refractivity contribution in [1.29, 1.82) is 0 Å². The summed E-state index contributed by atoms with van der Waals surface area (Å²) in [6, 6.07) is 3.48. The highest BCUT2D eigenvalue weighted by atomic mass is 32.1. The summed E-state index contributed by atoms with van der Waals surface area (Å²) in [6.45, 7) is 2.53. The second kappa shape index (κ2) is 6.75. The molecule has 0 saturated heterocycles. The van der Waals surface area contributed by atoms with Gasteiger partial charge in [-0.2, -0.15) is 13.2 Å². The first kappa shape index (κ1) is 15.8. The number of thiocarbonyl (C=S) groups is 1. The van der Waals surface area contributed by atoms with Crippen molar-refractivity contribution in [2.24, 2.45) is 5.73 Å². The van der Waals surface area contributed by atoms with Crippen LogP contribution in [0.2, 0.25) is 0 Å². The van der Waals surface area contributed by atoms with Crippen molar-refractivity contribution in [3.05, 3.63) is 29.3 Å². The summed E-state index contributed by atoms with van der Waals surface area (Å²) in [5.74, 6) is 0.354. The van der Waals surface area contributed by atoms with E-state index in [-0.39, 0.29) is 10.6 Å². The highest BCUT2D eigenvalue weighted by Gasteiger charge is 2.34. The van der Waals surface area contributed by atoms with E-state index in [0.29, 0.717) is 12.4 Å². The molecular weight excluding hydrogens is 275 g/mol. The minimum Gasteiger partial charge on any atom is -0.494 e. The second-order valence-electron chi connectivity index (χ2n) is 4.12. The number of rotatable bonds is 6. The molecule has 106 valence electrons. The highest BCUT2D eigenvalue weighted by Crippen LogP contribution is 2.33. The average molecular weight is 291 g/mol. The van der Waals surface area contributed by atoms with Crippen LogP contribution in [0.25, 0.3) is 0 Å². The molecular formula is C13H16F3NOS. The van der Waals surface area contributed by atoms with Crippen LogP contribution in [0, 0.1) is 0 Å². The molecule has 0 aliphatic rings. The van der Waals surface area contributed by atoms with Crippen molar-refractivity contribution in [1.82, 2.24) is 0 Å². The van der Waals surface area contributed by atoms with Gasteiger partial charge in [-0.05, 0) is 24.6 Å². The van der Waals surface area contributed by atoms with Gasteiger partial charge in [0.15, 0.2) is 0 Å². The van der Waals surface area contributed by atoms with Crippen molar-refractivity contribution in [2.75, 3.05) is 6.61 Å². The van der Waals surface area contributed by atoms with Crippen LogP contribution in [-0.4, -0.2) is 11.6 Å². The zero-order valence-electron chi connectivity index (χ0n) is 10.6. The molecule has 2 N–H and O–H groups in total. The Kier molecular flexibility index (Phi) is 5.60. The third-order valence-electron chi connectivity index (χ3n) is 2.58. The summed E-state index contributed by atoms with van der Waals surface area (Å²) in [6.07, 6.45) is -1.54. The van der Waals surface area contributed by atoms with Gasteiger partial charge >= 0.3 is 6.18 Å². The first-order valence-electron chi connectivity index (χ1n) is 6.00. The Bertz CT molecular complexity index is 446. The molecule has 1 aromatic carbocycles. The fourth-order valence-corrected chi connectivity index (χ4v) is 1.78. The lowest BCUT2D eigenvalue weighted by Crippen LogP contribution is -2.18. The predicted molar refractivity (Wildman–Crippen MR) is 72.4 cm³/mol. The Morgan fingerprint density at radius 2 is 2.00 bits per heavy atom. The number of hydrogen-bond donors (Lipinski definition) is 1. The molecule has 0 amide bonds. The van der Waals surface area contributed by atoms with Gasteiger partial charge < -0.3 is 10.5 Å². The number of unbranched alkanes of at least 4 members (excludes halogenated alkanes) is 2. The van der Waals surface area contributed by atoms with Gasteiger partial charge in [0.05, 0.1) is 12.2 Å². The predicted octanol–water partition coefficient (Wildman–Crippen LogP) is 3.91. The van der Waals surface area contributed by atoms with Gasteiger partial charge in [0.25, 0.3) is 0 Å². The highest BCUT2D eigenvalue weighted by molar-refractivity contribution is 7.80. The molecule has 0 heterocycles. The maximum absolute atomic E-state index is 12.7. The summed E-state index contributed by atoms with van der Waals surface area (Å²) in [4.78, 5) is -0.286. The van der Waals surface area contributed by atoms with E-state index in [1.54, 1.807) is 0 Å². The van der Waals surface area contributed by atoms with E-state index in [1.165, 1.54) is 12.1 Å². The minimum atomic E-state index is -4.47. The van der Waals surface area contributed by atoms with Gasteiger partial charge in [-0.3, -0.25) is 0 Å². The van der Waals surface area contributed by atoms with Crippen LogP contribution >= 0.6 is 12.2 Å². The number of ether oxygens (including phenoxy) is 1. The van der Waals surface area contributed by atoms with Gasteiger partial charge in [-0.25, -0.2) is 0 Å². The van der Waals surface area contributed by atoms with Crippen LogP contribution in [0.4, 0.5) is 13.2 Å². The zero-order chi connectivity index (χ0) is 14.5. The third kappa shape index (κ3) is 4.70. The topological polar surface area (TPSA) is 35.2 Å². The standard InChI is InChI=1S/C13H16F3NOS/c1-2-3-4-7-18-9-5-6-11(13(14,15)16)10(8-9)12(17)19/h5-6,8H,2-4,7H2,1H3,(H2,17,19). The van der Waals surface area contributed by atoms with Gasteiger partial charge in [-0.15, -0.1) is 0 Å². The maximum atomic E-state index is 12.7. The Morgan fingerprint density at radius 3 is 2.53 bits per heavy atom. The summed E-state index contributed by atoms with van der Waals surface area (Å²) in [7, 11) is 0. The fourth-order valence-electron chi connectivity index (χ4n) is 1.61. The number of alkyl halides is 3. The Morgan fingerprint density at radius 1 is 1.32 bits per heavy atom. The summed E-state index contributed by atoms with van der Waals surface area (Å²) in [5, 5.41) is 0. The molecule has 0 aromatic heterocycles. The summed E-state index contributed by atoms with van der Waals surface area (Å²) >= 11 is 4.65. The minimum absolute atomic E-state index is 0.199. The number of nitrogens with two attached hydrogens (primary N) is 1. The van der Waals surface area contributed by atoms with Gasteiger partial charge in [0.2, 0.25) is 0 Å². The quantitative estimate of drug-likeness (QED) is 0.637. The Balaban J connectivity index is 2.88. The number of benzene rings is 1. The van der Waals surface area contributed by atoms with E-state index in [2.05, 4.69) is 19.1 Å². The van der Waals surface area contributed by atoms with Crippen LogP contribution in [0.1, 0.15) is 37.3 Å². The monoisotopic (exact) mass is 291 g/mol. The number of halogens is 3. The van der Waals surface area contributed by atoms with Crippen molar-refractivity contribution in [3.8, 4) is 5.75 Å². The molecule has 0 unspecified atom stereocenters. The lowest BCUT2D eigenvalue weighted by Gasteiger charge is -2.14. The van der Waals surface area contributed by atoms with E-state index in [0.717, 1.165) is 25.3 Å². The van der Waals surface area contributed by atoms with Crippen LogP contribution < -0.4 is 10.5 Å². The molecule has 6 heteroatoms. The van der Waals surface area contributed by atoms with E-state index < -0.39 is 11.7 Å². The molecule has 0 atom stereocenters. The van der Waals surface area contributed by atoms with E-state index >= 15 is 0 Å². The smallest absolute Gasteiger partial charge is 0.417 e. The first-order valence-corrected chi connectivity index (χ1v) is 6.41. The Hall–Kier alpha value is -1.30. The van der Waals surface area contributed by atoms with Crippen molar-refractivity contribution < 1.29 is 17.9 Å². The van der Waals surface area contributed by atoms with Crippen molar-refractivity contribution >= 4 is 17.2 Å². The van der Waals surface area contributed by atoms with Gasteiger partial charge in [0, 0.05) is 5.56 Å². The molecule has 2 nitrogen and oxygen atoms in total. The molecule has 0 bridgehead atoms. The molecule has 0 aliphatic heterocycles. The molecule has 0 radical (unpaired) electrons. The largest absolute Gasteiger partial charge is 0.494 e. The maximum Gasteiger partial charge on any atom is 0.417 e. The van der Waals surface area contributed by atoms with E-state index in [4.69, 9.17) is 10.5 Å². The molecule has 0 spiro atoms. The third-order valence-corrected chi connectivity index (χ3v) is 2.80. The van der Waals surface area contributed by atoms with Gasteiger partial charge in [0.1, 0.15) is 10.7 Å². The fraction of sp³-hybridized carbons (Fsp3) is 0.462. The van der Waals surface area contributed by atoms with Crippen molar-refractivity contribution in [3.63, 3.8) is 0 Å². The molecule has 0 aliphatic carbocycles. The lowest BCUT2D eigenvalue weighted by molar-refractivity contribution is -0.137. The SMILES string of the molecule is CCCCCOc1ccc(C(F)(F)F)c(C(N)=S)c1. The summed E-state index contributed by atoms with van der Waals surface area (Å²) < 4.78 is 43.6. The van der Waals surface area contributed by atoms with Crippen LogP contribution in [0.15, 0.2) is 18.2 Å². The van der Waals surface area contributed by atoms with Crippen LogP contribution in [0.5, 0.6) is 5.75 Å². The first-order chi connectivity index (χ1) is 8.86. The molecule has 19 heavy (non-hydrogen) atoms. The van der Waals surface area contributed by atoms with E-state index in [1.807, 2.05) is 0 Å². The van der Waals surface area contributed by atoms with Crippen LogP contribution in [-0.2, 0) is 6.18 Å².